The van der Waals surface area contributed by atoms with Gasteiger partial charge in [0.1, 0.15) is 45.8 Å². The summed E-state index contributed by atoms with van der Waals surface area (Å²) in [5, 5.41) is 20.5. The number of carbonyl (C=O) groups is 1. The first-order valence-corrected chi connectivity index (χ1v) is 12.7. The summed E-state index contributed by atoms with van der Waals surface area (Å²) < 4.78 is 23.7. The molecule has 38 heavy (non-hydrogen) atoms. The maximum absolute atomic E-state index is 13.5. The number of aromatic nitrogens is 1. The molecular formula is C28H32N2O8. The molecule has 1 fully saturated rings. The van der Waals surface area contributed by atoms with Gasteiger partial charge in [0.15, 0.2) is 11.0 Å². The number of aromatic hydroxyl groups is 1. The molecule has 1 aromatic carbocycles. The van der Waals surface area contributed by atoms with Gasteiger partial charge < -0.3 is 34.6 Å². The van der Waals surface area contributed by atoms with Gasteiger partial charge in [0, 0.05) is 36.9 Å². The predicted molar refractivity (Wildman–Crippen MR) is 138 cm³/mol. The number of pyridine rings is 1. The fraction of sp³-hybridized carbons (Fsp3) is 0.464. The first-order valence-electron chi connectivity index (χ1n) is 12.7. The number of carbonyl (C=O) groups excluding carboxylic acids is 1. The molecule has 4 N–H and O–H groups in total. The molecule has 2 aliphatic heterocycles. The molecule has 10 heteroatoms. The summed E-state index contributed by atoms with van der Waals surface area (Å²) in [6, 6.07) is 6.56. The van der Waals surface area contributed by atoms with Crippen LogP contribution in [0.5, 0.6) is 11.5 Å². The number of nitrogens with two attached hydrogens (primary N) is 1. The number of phenolic OH excluding ortho intramolecular Hbond substituents is 1. The number of rotatable bonds is 8. The summed E-state index contributed by atoms with van der Waals surface area (Å²) in [5.41, 5.74) is 4.89. The van der Waals surface area contributed by atoms with Crippen molar-refractivity contribution in [3.8, 4) is 11.5 Å². The molecule has 2 aromatic heterocycles. The van der Waals surface area contributed by atoms with Crippen LogP contribution in [0.15, 0.2) is 39.7 Å². The number of ether oxygens (including phenoxy) is 3. The Kier molecular flexibility index (Phi) is 6.56. The molecule has 0 aliphatic carbocycles. The highest BCUT2D eigenvalue weighted by atomic mass is 16.7. The highest BCUT2D eigenvalue weighted by molar-refractivity contribution is 5.87. The summed E-state index contributed by atoms with van der Waals surface area (Å²) in [5.74, 6) is 0.436. The summed E-state index contributed by atoms with van der Waals surface area (Å²) in [6.07, 6.45) is 2.54. The number of phenols is 1. The van der Waals surface area contributed by atoms with Crippen LogP contribution in [0.2, 0.25) is 0 Å². The molecule has 0 saturated carbocycles. The Balaban J connectivity index is 1.37. The second-order valence-electron chi connectivity index (χ2n) is 10.6. The van der Waals surface area contributed by atoms with Gasteiger partial charge in [0.25, 0.3) is 0 Å². The predicted octanol–water partition coefficient (Wildman–Crippen LogP) is 2.95. The van der Waals surface area contributed by atoms with Crippen LogP contribution in [0.25, 0.3) is 11.0 Å². The van der Waals surface area contributed by atoms with Crippen LogP contribution >= 0.6 is 0 Å². The van der Waals surface area contributed by atoms with Crippen molar-refractivity contribution in [3.05, 3.63) is 57.6 Å². The van der Waals surface area contributed by atoms with Crippen molar-refractivity contribution in [2.45, 2.75) is 76.3 Å². The first kappa shape index (κ1) is 26.0. The number of esters is 1. The molecule has 0 amide bonds. The number of hydrogen-bond acceptors (Lipinski definition) is 10. The zero-order chi connectivity index (χ0) is 27.2. The van der Waals surface area contributed by atoms with Gasteiger partial charge >= 0.3 is 5.97 Å². The fourth-order valence-corrected chi connectivity index (χ4v) is 5.22. The minimum absolute atomic E-state index is 0.0597. The molecule has 10 nitrogen and oxygen atoms in total. The minimum atomic E-state index is -1.16. The molecule has 2 aliphatic rings. The van der Waals surface area contributed by atoms with Crippen molar-refractivity contribution in [1.29, 1.82) is 0 Å². The smallest absolute Gasteiger partial charge is 0.341 e. The Morgan fingerprint density at radius 1 is 1.29 bits per heavy atom. The third-order valence-corrected chi connectivity index (χ3v) is 7.38. The van der Waals surface area contributed by atoms with E-state index in [4.69, 9.17) is 24.4 Å². The lowest BCUT2D eigenvalue weighted by molar-refractivity contribution is -0.168. The molecule has 5 rings (SSSR count). The molecule has 1 saturated heterocycles. The van der Waals surface area contributed by atoms with Crippen molar-refractivity contribution in [2.75, 3.05) is 12.3 Å². The van der Waals surface area contributed by atoms with E-state index in [9.17, 15) is 19.8 Å². The average Bonchev–Trinajstić information content (AvgIpc) is 3.56. The summed E-state index contributed by atoms with van der Waals surface area (Å²) >= 11 is 0. The average molecular weight is 525 g/mol. The number of anilines is 1. The number of aryl methyl sites for hydroxylation is 2. The Hall–Kier alpha value is -3.63. The number of nitrogen functional groups attached to an aromatic ring is 1. The largest absolute Gasteiger partial charge is 0.507 e. The van der Waals surface area contributed by atoms with Gasteiger partial charge in [-0.1, -0.05) is 0 Å². The maximum atomic E-state index is 13.5. The van der Waals surface area contributed by atoms with Crippen molar-refractivity contribution in [1.82, 2.24) is 4.98 Å². The Morgan fingerprint density at radius 3 is 2.82 bits per heavy atom. The van der Waals surface area contributed by atoms with Crippen LogP contribution in [0.3, 0.4) is 0 Å². The lowest BCUT2D eigenvalue weighted by Crippen LogP contribution is -2.50. The number of nitrogens with zero attached hydrogens (tertiary/aromatic N) is 1. The topological polar surface area (TPSA) is 158 Å². The number of epoxide rings is 1. The summed E-state index contributed by atoms with van der Waals surface area (Å²) in [7, 11) is 0. The zero-order valence-corrected chi connectivity index (χ0v) is 21.7. The van der Waals surface area contributed by atoms with E-state index in [1.165, 1.54) is 6.07 Å². The molecular weight excluding hydrogens is 492 g/mol. The Bertz CT molecular complexity index is 1450. The van der Waals surface area contributed by atoms with E-state index in [2.05, 4.69) is 4.98 Å². The van der Waals surface area contributed by atoms with E-state index >= 15 is 0 Å². The van der Waals surface area contributed by atoms with E-state index in [1.807, 2.05) is 6.07 Å². The molecule has 202 valence electrons. The molecule has 4 heterocycles. The normalized spacial score (nSPS) is 23.5. The van der Waals surface area contributed by atoms with Gasteiger partial charge in [-0.05, 0) is 64.2 Å². The SMILES string of the molecule is Cc1cc(=O)c2c(O)c3c(cc2o1)OC(C)(C)C(OC(=O)C1(CCCO)OC1CCc1ccnc(N)c1)C3. The van der Waals surface area contributed by atoms with Gasteiger partial charge in [-0.3, -0.25) is 4.79 Å². The van der Waals surface area contributed by atoms with Crippen LogP contribution in [-0.2, 0) is 27.1 Å². The maximum Gasteiger partial charge on any atom is 0.341 e. The van der Waals surface area contributed by atoms with Crippen molar-refractivity contribution >= 4 is 22.8 Å². The third-order valence-electron chi connectivity index (χ3n) is 7.38. The zero-order valence-electron chi connectivity index (χ0n) is 21.7. The van der Waals surface area contributed by atoms with E-state index < -0.39 is 23.3 Å². The second kappa shape index (κ2) is 9.59. The number of fused-ring (bicyclic) bond motifs is 2. The number of benzene rings is 1. The quantitative estimate of drug-likeness (QED) is 0.295. The third kappa shape index (κ3) is 4.69. The van der Waals surface area contributed by atoms with Gasteiger partial charge in [0.2, 0.25) is 0 Å². The highest BCUT2D eigenvalue weighted by Gasteiger charge is 2.63. The second-order valence-corrected chi connectivity index (χ2v) is 10.6. The van der Waals surface area contributed by atoms with Gasteiger partial charge in [-0.25, -0.2) is 9.78 Å². The van der Waals surface area contributed by atoms with E-state index in [-0.39, 0.29) is 41.3 Å². The minimum Gasteiger partial charge on any atom is -0.507 e. The fourth-order valence-electron chi connectivity index (χ4n) is 5.22. The van der Waals surface area contributed by atoms with E-state index in [1.54, 1.807) is 39.1 Å². The van der Waals surface area contributed by atoms with E-state index in [0.29, 0.717) is 48.6 Å². The van der Waals surface area contributed by atoms with Crippen LogP contribution in [0.1, 0.15) is 50.0 Å². The van der Waals surface area contributed by atoms with Crippen LogP contribution in [0.4, 0.5) is 5.82 Å². The van der Waals surface area contributed by atoms with Crippen LogP contribution < -0.4 is 15.9 Å². The molecule has 3 atom stereocenters. The highest BCUT2D eigenvalue weighted by Crippen LogP contribution is 2.47. The Morgan fingerprint density at radius 2 is 2.08 bits per heavy atom. The van der Waals surface area contributed by atoms with E-state index in [0.717, 1.165) is 5.56 Å². The van der Waals surface area contributed by atoms with Crippen molar-refractivity contribution < 1.29 is 33.6 Å². The number of aliphatic hydroxyl groups is 1. The van der Waals surface area contributed by atoms with Crippen molar-refractivity contribution in [3.63, 3.8) is 0 Å². The molecule has 0 radical (unpaired) electrons. The lowest BCUT2D eigenvalue weighted by Gasteiger charge is -2.39. The van der Waals surface area contributed by atoms with Gasteiger partial charge in [-0.2, -0.15) is 0 Å². The standard InChI is InChI=1S/C28H32N2O8/c1-15-11-18(32)24-20(35-15)14-19-17(25(24)33)13-22(27(2,3)37-19)36-26(34)28(8-4-10-31)21(38-28)6-5-16-7-9-30-23(29)12-16/h7,9,11-12,14,21-22,31,33H,4-6,8,10,13H2,1-3H3,(H2,29,30). The summed E-state index contributed by atoms with van der Waals surface area (Å²) in [4.78, 5) is 30.1. The van der Waals surface area contributed by atoms with Gasteiger partial charge in [-0.15, -0.1) is 0 Å². The van der Waals surface area contributed by atoms with Gasteiger partial charge in [0.05, 0.1) is 6.10 Å². The number of hydrogen-bond donors (Lipinski definition) is 3. The Labute approximate surface area is 219 Å². The lowest BCUT2D eigenvalue weighted by atomic mass is 9.89. The summed E-state index contributed by atoms with van der Waals surface area (Å²) in [6.45, 7) is 5.16. The number of aliphatic hydroxyl groups excluding tert-OH is 1. The molecule has 3 aromatic rings. The monoisotopic (exact) mass is 524 g/mol. The van der Waals surface area contributed by atoms with Crippen LogP contribution in [0, 0.1) is 6.92 Å². The molecule has 0 bridgehead atoms. The first-order chi connectivity index (χ1) is 18.0. The molecule has 0 spiro atoms. The van der Waals surface area contributed by atoms with Crippen LogP contribution in [-0.4, -0.2) is 51.2 Å². The van der Waals surface area contributed by atoms with Crippen molar-refractivity contribution in [2.24, 2.45) is 0 Å². The molecule has 3 unspecified atom stereocenters.